The number of nitrogens with zero attached hydrogens (tertiary/aromatic N) is 2. The van der Waals surface area contributed by atoms with Crippen molar-refractivity contribution in [3.05, 3.63) is 12.0 Å². The van der Waals surface area contributed by atoms with E-state index in [9.17, 15) is 8.42 Å². The van der Waals surface area contributed by atoms with E-state index in [1.807, 2.05) is 25.3 Å². The molecule has 1 N–H and O–H groups in total. The normalized spacial score (nSPS) is 13.7. The molecule has 0 fully saturated rings. The number of aromatic nitrogens is 2. The molecule has 1 aromatic rings. The first-order chi connectivity index (χ1) is 8.86. The van der Waals surface area contributed by atoms with Crippen LogP contribution in [0.1, 0.15) is 38.9 Å². The first-order valence-corrected chi connectivity index (χ1v) is 8.94. The van der Waals surface area contributed by atoms with E-state index in [0.717, 1.165) is 31.6 Å². The molecular formula is C12H22BrN3O2S. The average molecular weight is 352 g/mol. The smallest absolute Gasteiger partial charge is 0.259 e. The number of aryl methyl sites for hydroxylation is 2. The number of alkyl halides is 1. The molecule has 19 heavy (non-hydrogen) atoms. The lowest BCUT2D eigenvalue weighted by atomic mass is 10.2. The Morgan fingerprint density at radius 1 is 1.53 bits per heavy atom. The van der Waals surface area contributed by atoms with Gasteiger partial charge in [0.1, 0.15) is 5.82 Å². The van der Waals surface area contributed by atoms with Crippen molar-refractivity contribution in [1.29, 1.82) is 0 Å². The summed E-state index contributed by atoms with van der Waals surface area (Å²) in [4.78, 5) is 4.52. The maximum atomic E-state index is 12.0. The summed E-state index contributed by atoms with van der Waals surface area (Å²) in [6.45, 7) is 7.15. The number of nitrogens with one attached hydrogen (secondary N) is 1. The van der Waals surface area contributed by atoms with Crippen LogP contribution in [0.4, 0.5) is 0 Å². The molecule has 1 unspecified atom stereocenters. The fourth-order valence-corrected chi connectivity index (χ4v) is 3.14. The van der Waals surface area contributed by atoms with Crippen LogP contribution in [0.25, 0.3) is 0 Å². The Balaban J connectivity index is 2.64. The molecule has 0 radical (unpaired) electrons. The monoisotopic (exact) mass is 351 g/mol. The first kappa shape index (κ1) is 16.7. The van der Waals surface area contributed by atoms with E-state index in [4.69, 9.17) is 0 Å². The molecule has 0 aliphatic carbocycles. The number of hydrogen-bond donors (Lipinski definition) is 1. The van der Waals surface area contributed by atoms with Gasteiger partial charge in [-0.2, -0.15) is 0 Å². The van der Waals surface area contributed by atoms with Gasteiger partial charge in [0.05, 0.1) is 0 Å². The van der Waals surface area contributed by atoms with Gasteiger partial charge in [-0.25, -0.2) is 18.1 Å². The molecule has 1 rings (SSSR count). The third kappa shape index (κ3) is 5.24. The summed E-state index contributed by atoms with van der Waals surface area (Å²) in [7, 11) is -3.48. The van der Waals surface area contributed by atoms with Crippen molar-refractivity contribution in [2.24, 2.45) is 0 Å². The zero-order valence-electron chi connectivity index (χ0n) is 11.7. The topological polar surface area (TPSA) is 64.0 Å². The number of hydrogen-bond acceptors (Lipinski definition) is 3. The second-order valence-corrected chi connectivity index (χ2v) is 7.92. The maximum absolute atomic E-state index is 12.0. The van der Waals surface area contributed by atoms with Crippen LogP contribution in [0.5, 0.6) is 0 Å². The van der Waals surface area contributed by atoms with Crippen molar-refractivity contribution in [2.45, 2.75) is 56.4 Å². The zero-order chi connectivity index (χ0) is 14.5. The lowest BCUT2D eigenvalue weighted by Crippen LogP contribution is -2.25. The van der Waals surface area contributed by atoms with Crippen molar-refractivity contribution >= 4 is 26.0 Å². The molecule has 0 saturated carbocycles. The molecule has 1 atom stereocenters. The van der Waals surface area contributed by atoms with E-state index in [-0.39, 0.29) is 5.03 Å². The van der Waals surface area contributed by atoms with Crippen molar-refractivity contribution in [1.82, 2.24) is 14.3 Å². The molecule has 110 valence electrons. The summed E-state index contributed by atoms with van der Waals surface area (Å²) in [6.07, 6.45) is 4.30. The lowest BCUT2D eigenvalue weighted by Gasteiger charge is -2.05. The molecule has 7 heteroatoms. The minimum atomic E-state index is -3.48. The van der Waals surface area contributed by atoms with Gasteiger partial charge in [-0.3, -0.25) is 0 Å². The summed E-state index contributed by atoms with van der Waals surface area (Å²) in [5, 5.41) is 0.116. The summed E-state index contributed by atoms with van der Waals surface area (Å²) >= 11 is 3.44. The Kier molecular flexibility index (Phi) is 6.49. The van der Waals surface area contributed by atoms with Gasteiger partial charge >= 0.3 is 0 Å². The molecular weight excluding hydrogens is 330 g/mol. The highest BCUT2D eigenvalue weighted by atomic mass is 79.9. The molecule has 0 aromatic carbocycles. The van der Waals surface area contributed by atoms with E-state index in [1.54, 1.807) is 6.20 Å². The summed E-state index contributed by atoms with van der Waals surface area (Å²) in [5.74, 6) is 0.733. The van der Waals surface area contributed by atoms with E-state index < -0.39 is 10.0 Å². The third-order valence-corrected chi connectivity index (χ3v) is 4.55. The standard InChI is InChI=1S/C12H22BrN3O2S/c1-4-8-16-9-12(15-11(16)3)19(17,18)14-7-5-6-10(2)13/h9-10,14H,4-8H2,1-3H3. The van der Waals surface area contributed by atoms with Crippen LogP contribution in [0.2, 0.25) is 0 Å². The SMILES string of the molecule is CCCn1cc(S(=O)(=O)NCCCC(C)Br)nc1C. The molecule has 5 nitrogen and oxygen atoms in total. The van der Waals surface area contributed by atoms with E-state index in [2.05, 4.69) is 25.6 Å². The fraction of sp³-hybridized carbons (Fsp3) is 0.750. The fourth-order valence-electron chi connectivity index (χ4n) is 1.74. The lowest BCUT2D eigenvalue weighted by molar-refractivity contribution is 0.573. The summed E-state index contributed by atoms with van der Waals surface area (Å²) in [5.41, 5.74) is 0. The largest absolute Gasteiger partial charge is 0.334 e. The van der Waals surface area contributed by atoms with Crippen LogP contribution in [0.3, 0.4) is 0 Å². The Bertz CT molecular complexity index is 497. The quantitative estimate of drug-likeness (QED) is 0.577. The zero-order valence-corrected chi connectivity index (χ0v) is 14.1. The molecule has 0 bridgehead atoms. The Labute approximate surface area is 124 Å². The minimum Gasteiger partial charge on any atom is -0.334 e. The van der Waals surface area contributed by atoms with Crippen molar-refractivity contribution in [2.75, 3.05) is 6.54 Å². The van der Waals surface area contributed by atoms with Gasteiger partial charge in [0.2, 0.25) is 0 Å². The van der Waals surface area contributed by atoms with Crippen LogP contribution >= 0.6 is 15.9 Å². The van der Waals surface area contributed by atoms with E-state index >= 15 is 0 Å². The number of rotatable bonds is 8. The second-order valence-electron chi connectivity index (χ2n) is 4.64. The third-order valence-electron chi connectivity index (χ3n) is 2.76. The van der Waals surface area contributed by atoms with Crippen LogP contribution in [0.15, 0.2) is 11.2 Å². The number of imidazole rings is 1. The molecule has 0 aliphatic heterocycles. The van der Waals surface area contributed by atoms with E-state index in [0.29, 0.717) is 11.4 Å². The summed E-state index contributed by atoms with van der Waals surface area (Å²) in [6, 6.07) is 0. The highest BCUT2D eigenvalue weighted by Crippen LogP contribution is 2.10. The number of halogens is 1. The van der Waals surface area contributed by atoms with Crippen LogP contribution in [-0.4, -0.2) is 29.3 Å². The predicted octanol–water partition coefficient (Wildman–Crippen LogP) is 2.44. The van der Waals surface area contributed by atoms with Gasteiger partial charge in [-0.1, -0.05) is 29.8 Å². The Morgan fingerprint density at radius 2 is 2.21 bits per heavy atom. The van der Waals surface area contributed by atoms with Gasteiger partial charge in [-0.05, 0) is 26.2 Å². The Morgan fingerprint density at radius 3 is 2.79 bits per heavy atom. The number of sulfonamides is 1. The second kappa shape index (κ2) is 7.40. The highest BCUT2D eigenvalue weighted by Gasteiger charge is 2.18. The molecule has 0 saturated heterocycles. The van der Waals surface area contributed by atoms with Gasteiger partial charge in [0.25, 0.3) is 10.0 Å². The predicted molar refractivity (Wildman–Crippen MR) is 80.1 cm³/mol. The van der Waals surface area contributed by atoms with Gasteiger partial charge in [0, 0.05) is 24.1 Å². The molecule has 0 aliphatic rings. The van der Waals surface area contributed by atoms with E-state index in [1.165, 1.54) is 0 Å². The minimum absolute atomic E-state index is 0.116. The molecule has 1 aromatic heterocycles. The van der Waals surface area contributed by atoms with Gasteiger partial charge in [-0.15, -0.1) is 0 Å². The van der Waals surface area contributed by atoms with Gasteiger partial charge < -0.3 is 4.57 Å². The first-order valence-electron chi connectivity index (χ1n) is 6.54. The molecule has 0 amide bonds. The summed E-state index contributed by atoms with van der Waals surface area (Å²) < 4.78 is 28.6. The van der Waals surface area contributed by atoms with Crippen molar-refractivity contribution in [3.8, 4) is 0 Å². The van der Waals surface area contributed by atoms with Crippen LogP contribution in [-0.2, 0) is 16.6 Å². The van der Waals surface area contributed by atoms with Crippen LogP contribution in [0, 0.1) is 6.92 Å². The Hall–Kier alpha value is -0.400. The van der Waals surface area contributed by atoms with Crippen LogP contribution < -0.4 is 4.72 Å². The van der Waals surface area contributed by atoms with Gasteiger partial charge in [0.15, 0.2) is 5.03 Å². The maximum Gasteiger partial charge on any atom is 0.259 e. The molecule has 0 spiro atoms. The average Bonchev–Trinajstić information content (AvgIpc) is 2.68. The molecule has 1 heterocycles. The van der Waals surface area contributed by atoms with Crippen molar-refractivity contribution in [3.63, 3.8) is 0 Å². The highest BCUT2D eigenvalue weighted by molar-refractivity contribution is 9.09. The van der Waals surface area contributed by atoms with Crippen molar-refractivity contribution < 1.29 is 8.42 Å².